The quantitative estimate of drug-likeness (QED) is 0.206. The lowest BCUT2D eigenvalue weighted by Crippen LogP contribution is -2.18. The summed E-state index contributed by atoms with van der Waals surface area (Å²) in [7, 11) is 2.09. The van der Waals surface area contributed by atoms with E-state index in [1.165, 1.54) is 17.7 Å². The highest BCUT2D eigenvalue weighted by molar-refractivity contribution is 8.00. The largest absolute Gasteiger partial charge is 0.416 e. The molecule has 0 aromatic heterocycles. The van der Waals surface area contributed by atoms with Crippen molar-refractivity contribution in [2.75, 3.05) is 11.9 Å². The van der Waals surface area contributed by atoms with Crippen LogP contribution in [-0.4, -0.2) is 7.05 Å². The number of nitrogens with zero attached hydrogens (tertiary/aromatic N) is 1. The second-order valence-electron chi connectivity index (χ2n) is 12.1. The Labute approximate surface area is 241 Å². The third-order valence-electron chi connectivity index (χ3n) is 9.12. The van der Waals surface area contributed by atoms with Crippen LogP contribution in [0.2, 0.25) is 0 Å². The number of rotatable bonds is 7. The summed E-state index contributed by atoms with van der Waals surface area (Å²) in [6.45, 7) is 13.4. The highest BCUT2D eigenvalue weighted by Crippen LogP contribution is 2.55. The van der Waals surface area contributed by atoms with Gasteiger partial charge in [-0.15, -0.1) is 0 Å². The van der Waals surface area contributed by atoms with Crippen LogP contribution in [0.25, 0.3) is 21.5 Å². The van der Waals surface area contributed by atoms with Crippen molar-refractivity contribution in [2.24, 2.45) is 5.92 Å². The molecule has 0 spiro atoms. The average Bonchev–Trinajstić information content (AvgIpc) is 2.92. The molecule has 5 rings (SSSR count). The van der Waals surface area contributed by atoms with Crippen molar-refractivity contribution in [1.82, 2.24) is 0 Å². The van der Waals surface area contributed by atoms with Crippen LogP contribution in [0.15, 0.2) is 64.4 Å². The molecule has 0 fully saturated rings. The summed E-state index contributed by atoms with van der Waals surface area (Å²) < 4.78 is 41.8. The van der Waals surface area contributed by atoms with Gasteiger partial charge in [-0.2, -0.15) is 13.2 Å². The zero-order valence-electron chi connectivity index (χ0n) is 24.7. The van der Waals surface area contributed by atoms with Gasteiger partial charge in [-0.3, -0.25) is 0 Å². The fourth-order valence-electron chi connectivity index (χ4n) is 6.59. The second-order valence-corrected chi connectivity index (χ2v) is 13.2. The number of benzene rings is 4. The molecule has 0 saturated heterocycles. The first-order valence-corrected chi connectivity index (χ1v) is 15.4. The molecule has 0 amide bonds. The number of alkyl halides is 3. The molecule has 1 aliphatic heterocycles. The van der Waals surface area contributed by atoms with E-state index in [4.69, 9.17) is 0 Å². The van der Waals surface area contributed by atoms with Crippen LogP contribution in [0.4, 0.5) is 24.5 Å². The van der Waals surface area contributed by atoms with Crippen molar-refractivity contribution in [1.29, 1.82) is 0 Å². The van der Waals surface area contributed by atoms with E-state index < -0.39 is 11.7 Å². The molecule has 1 heterocycles. The van der Waals surface area contributed by atoms with Gasteiger partial charge in [0.25, 0.3) is 0 Å². The maximum atomic E-state index is 13.9. The third-order valence-corrected chi connectivity index (χ3v) is 10.3. The summed E-state index contributed by atoms with van der Waals surface area (Å²) in [5.74, 6) is 1.06. The van der Waals surface area contributed by atoms with Crippen molar-refractivity contribution in [2.45, 2.75) is 94.5 Å². The van der Waals surface area contributed by atoms with Gasteiger partial charge < -0.3 is 4.90 Å². The van der Waals surface area contributed by atoms with Gasteiger partial charge in [0.15, 0.2) is 0 Å². The predicted octanol–water partition coefficient (Wildman–Crippen LogP) is 11.9. The summed E-state index contributed by atoms with van der Waals surface area (Å²) in [6, 6.07) is 17.5. The monoisotopic (exact) mass is 563 g/mol. The first-order chi connectivity index (χ1) is 18.9. The van der Waals surface area contributed by atoms with Crippen molar-refractivity contribution < 1.29 is 13.2 Å². The lowest BCUT2D eigenvalue weighted by Gasteiger charge is -2.34. The van der Waals surface area contributed by atoms with Gasteiger partial charge in [0, 0.05) is 22.2 Å². The molecule has 4 aromatic rings. The molecule has 0 N–H and O–H groups in total. The highest BCUT2D eigenvalue weighted by Gasteiger charge is 2.33. The molecule has 0 bridgehead atoms. The minimum absolute atomic E-state index is 0.0676. The van der Waals surface area contributed by atoms with Crippen LogP contribution >= 0.6 is 11.8 Å². The van der Waals surface area contributed by atoms with Crippen molar-refractivity contribution in [3.05, 3.63) is 71.3 Å². The van der Waals surface area contributed by atoms with E-state index in [-0.39, 0.29) is 5.41 Å². The molecule has 4 aromatic carbocycles. The van der Waals surface area contributed by atoms with E-state index >= 15 is 0 Å². The smallest absolute Gasteiger partial charge is 0.342 e. The Bertz CT molecular complexity index is 1570. The Morgan fingerprint density at radius 2 is 1.45 bits per heavy atom. The lowest BCUT2D eigenvalue weighted by atomic mass is 9.79. The Morgan fingerprint density at radius 1 is 0.800 bits per heavy atom. The van der Waals surface area contributed by atoms with E-state index in [9.17, 15) is 13.2 Å². The third kappa shape index (κ3) is 4.89. The van der Waals surface area contributed by atoms with Crippen molar-refractivity contribution in [3.63, 3.8) is 0 Å². The van der Waals surface area contributed by atoms with E-state index in [1.54, 1.807) is 17.8 Å². The molecule has 40 heavy (non-hydrogen) atoms. The SMILES string of the molecule is CCCC(C)(C)c1ccc2c3c(c4ccc(C(F)(F)F)cc4c2c1)Sc1cc(C(CC)C(C)CC)ccc1N3C. The van der Waals surface area contributed by atoms with Crippen LogP contribution in [-0.2, 0) is 11.6 Å². The van der Waals surface area contributed by atoms with Crippen LogP contribution in [0.3, 0.4) is 0 Å². The van der Waals surface area contributed by atoms with E-state index in [0.29, 0.717) is 17.2 Å². The molecule has 2 unspecified atom stereocenters. The van der Waals surface area contributed by atoms with Crippen LogP contribution in [0.5, 0.6) is 0 Å². The first-order valence-electron chi connectivity index (χ1n) is 14.6. The summed E-state index contributed by atoms with van der Waals surface area (Å²) in [4.78, 5) is 4.43. The van der Waals surface area contributed by atoms with Crippen LogP contribution in [0.1, 0.15) is 89.8 Å². The Balaban J connectivity index is 1.77. The predicted molar refractivity (Wildman–Crippen MR) is 166 cm³/mol. The lowest BCUT2D eigenvalue weighted by molar-refractivity contribution is -0.137. The summed E-state index contributed by atoms with van der Waals surface area (Å²) in [5, 5.41) is 3.43. The van der Waals surface area contributed by atoms with Gasteiger partial charge in [-0.1, -0.05) is 90.4 Å². The molecule has 5 heteroatoms. The minimum atomic E-state index is -4.40. The minimum Gasteiger partial charge on any atom is -0.342 e. The normalized spacial score (nSPS) is 15.3. The van der Waals surface area contributed by atoms with Gasteiger partial charge in [0.05, 0.1) is 16.9 Å². The number of halogens is 3. The Kier molecular flexibility index (Phi) is 7.67. The molecular formula is C35H40F3NS. The van der Waals surface area contributed by atoms with Gasteiger partial charge in [0.1, 0.15) is 0 Å². The van der Waals surface area contributed by atoms with Gasteiger partial charge >= 0.3 is 6.18 Å². The molecule has 212 valence electrons. The molecular weight excluding hydrogens is 523 g/mol. The number of fused-ring (bicyclic) bond motifs is 7. The van der Waals surface area contributed by atoms with E-state index in [0.717, 1.165) is 68.6 Å². The molecule has 1 nitrogen and oxygen atoms in total. The van der Waals surface area contributed by atoms with Crippen LogP contribution in [0, 0.1) is 5.92 Å². The molecule has 1 aliphatic rings. The average molecular weight is 564 g/mol. The van der Waals surface area contributed by atoms with Crippen molar-refractivity contribution in [3.8, 4) is 0 Å². The zero-order valence-corrected chi connectivity index (χ0v) is 25.5. The van der Waals surface area contributed by atoms with Crippen LogP contribution < -0.4 is 4.90 Å². The zero-order chi connectivity index (χ0) is 29.0. The molecule has 0 radical (unpaired) electrons. The summed E-state index contributed by atoms with van der Waals surface area (Å²) in [6.07, 6.45) is -0.138. The molecule has 0 aliphatic carbocycles. The molecule has 0 saturated carbocycles. The van der Waals surface area contributed by atoms with E-state index in [1.807, 2.05) is 0 Å². The van der Waals surface area contributed by atoms with Gasteiger partial charge in [-0.25, -0.2) is 0 Å². The maximum absolute atomic E-state index is 13.9. The topological polar surface area (TPSA) is 3.24 Å². The van der Waals surface area contributed by atoms with Crippen molar-refractivity contribution >= 4 is 44.7 Å². The second kappa shape index (κ2) is 10.6. The van der Waals surface area contributed by atoms with Gasteiger partial charge in [0.2, 0.25) is 0 Å². The number of hydrogen-bond acceptors (Lipinski definition) is 2. The van der Waals surface area contributed by atoms with E-state index in [2.05, 4.69) is 89.9 Å². The highest BCUT2D eigenvalue weighted by atomic mass is 32.2. The van der Waals surface area contributed by atoms with Gasteiger partial charge in [-0.05, 0) is 87.7 Å². The number of hydrogen-bond donors (Lipinski definition) is 0. The Morgan fingerprint density at radius 3 is 2.10 bits per heavy atom. The first kappa shape index (κ1) is 28.9. The standard InChI is InChI=1S/C35H40F3NS/c1-8-17-34(5,6)23-12-14-26-28(19-23)29-20-24(35(36,37)38)13-15-27(29)33-32(26)39(7)30-16-11-22(18-31(30)40-33)25(10-3)21(4)9-2/h11-16,18-21,25H,8-10,17H2,1-7H3. The Hall–Kier alpha value is -2.66. The summed E-state index contributed by atoms with van der Waals surface area (Å²) >= 11 is 1.70. The molecule has 2 atom stereocenters. The maximum Gasteiger partial charge on any atom is 0.416 e. The fourth-order valence-corrected chi connectivity index (χ4v) is 7.95. The summed E-state index contributed by atoms with van der Waals surface area (Å²) in [5.41, 5.74) is 4.04. The number of anilines is 2. The fraction of sp³-hybridized carbons (Fsp3) is 0.429.